The minimum absolute atomic E-state index is 0.0296. The summed E-state index contributed by atoms with van der Waals surface area (Å²) >= 11 is 0. The number of sulfonamides is 1. The molecule has 1 aromatic carbocycles. The molecule has 1 N–H and O–H groups in total. The van der Waals surface area contributed by atoms with Crippen LogP contribution in [0.3, 0.4) is 0 Å². The van der Waals surface area contributed by atoms with Gasteiger partial charge in [0.05, 0.1) is 4.90 Å². The first-order chi connectivity index (χ1) is 13.7. The highest BCUT2D eigenvalue weighted by molar-refractivity contribution is 7.89. The van der Waals surface area contributed by atoms with Crippen LogP contribution in [0, 0.1) is 30.1 Å². The predicted molar refractivity (Wildman–Crippen MR) is 115 cm³/mol. The SMILES string of the molecule is CCN(CC)S(=O)(=O)c1cc(NC(=O)CC23CC4CC(CC(C4)C2)C3)ccc1C. The van der Waals surface area contributed by atoms with Gasteiger partial charge in [0.15, 0.2) is 0 Å². The lowest BCUT2D eigenvalue weighted by Crippen LogP contribution is -2.47. The van der Waals surface area contributed by atoms with Crippen LogP contribution in [0.4, 0.5) is 5.69 Å². The fourth-order valence-electron chi connectivity index (χ4n) is 6.71. The van der Waals surface area contributed by atoms with Gasteiger partial charge in [-0.15, -0.1) is 0 Å². The Hall–Kier alpha value is -1.40. The Labute approximate surface area is 175 Å². The average Bonchev–Trinajstić information content (AvgIpc) is 2.62. The largest absolute Gasteiger partial charge is 0.326 e. The molecule has 0 spiro atoms. The summed E-state index contributed by atoms with van der Waals surface area (Å²) in [5.74, 6) is 2.49. The van der Waals surface area contributed by atoms with Crippen LogP contribution in [0.1, 0.15) is 64.4 Å². The molecule has 5 rings (SSSR count). The zero-order chi connectivity index (χ0) is 20.8. The van der Waals surface area contributed by atoms with Crippen molar-refractivity contribution in [2.75, 3.05) is 18.4 Å². The van der Waals surface area contributed by atoms with E-state index in [0.717, 1.165) is 17.8 Å². The normalized spacial score (nSPS) is 30.7. The number of carbonyl (C=O) groups excluding carboxylic acids is 1. The van der Waals surface area contributed by atoms with Crippen molar-refractivity contribution in [3.8, 4) is 0 Å². The summed E-state index contributed by atoms with van der Waals surface area (Å²) in [6, 6.07) is 5.23. The zero-order valence-electron chi connectivity index (χ0n) is 17.9. The molecule has 0 saturated heterocycles. The van der Waals surface area contributed by atoms with Gasteiger partial charge in [0.1, 0.15) is 0 Å². The molecule has 0 aliphatic heterocycles. The summed E-state index contributed by atoms with van der Waals surface area (Å²) in [7, 11) is -3.55. The summed E-state index contributed by atoms with van der Waals surface area (Å²) in [5, 5.41) is 3.01. The lowest BCUT2D eigenvalue weighted by Gasteiger charge is -2.56. The quantitative estimate of drug-likeness (QED) is 0.705. The summed E-state index contributed by atoms with van der Waals surface area (Å²) in [6.07, 6.45) is 8.26. The van der Waals surface area contributed by atoms with E-state index in [0.29, 0.717) is 30.8 Å². The number of amides is 1. The maximum Gasteiger partial charge on any atom is 0.243 e. The number of carbonyl (C=O) groups is 1. The summed E-state index contributed by atoms with van der Waals surface area (Å²) < 4.78 is 27.4. The van der Waals surface area contributed by atoms with Crippen molar-refractivity contribution in [2.24, 2.45) is 23.2 Å². The first-order valence-electron chi connectivity index (χ1n) is 11.2. The lowest BCUT2D eigenvalue weighted by molar-refractivity contribution is -0.124. The van der Waals surface area contributed by atoms with Gasteiger partial charge < -0.3 is 5.32 Å². The van der Waals surface area contributed by atoms with E-state index in [-0.39, 0.29) is 16.2 Å². The van der Waals surface area contributed by atoms with E-state index < -0.39 is 10.0 Å². The Balaban J connectivity index is 1.49. The highest BCUT2D eigenvalue weighted by Crippen LogP contribution is 2.61. The Bertz CT molecular complexity index is 854. The molecule has 4 aliphatic carbocycles. The first kappa shape index (κ1) is 20.9. The molecule has 29 heavy (non-hydrogen) atoms. The Morgan fingerprint density at radius 2 is 1.62 bits per heavy atom. The first-order valence-corrected chi connectivity index (χ1v) is 12.6. The Kier molecular flexibility index (Phi) is 5.53. The van der Waals surface area contributed by atoms with Gasteiger partial charge in [-0.05, 0) is 86.3 Å². The van der Waals surface area contributed by atoms with Crippen LogP contribution in [0.2, 0.25) is 0 Å². The van der Waals surface area contributed by atoms with E-state index in [1.807, 2.05) is 19.9 Å². The second-order valence-corrected chi connectivity index (χ2v) is 11.6. The molecule has 0 atom stereocenters. The van der Waals surface area contributed by atoms with Crippen LogP contribution >= 0.6 is 0 Å². The van der Waals surface area contributed by atoms with Crippen LogP contribution in [0.15, 0.2) is 23.1 Å². The molecule has 4 aliphatic rings. The van der Waals surface area contributed by atoms with Crippen molar-refractivity contribution in [1.82, 2.24) is 4.31 Å². The van der Waals surface area contributed by atoms with Crippen LogP contribution in [-0.2, 0) is 14.8 Å². The molecule has 5 nitrogen and oxygen atoms in total. The number of benzene rings is 1. The predicted octanol–water partition coefficient (Wildman–Crippen LogP) is 4.57. The monoisotopic (exact) mass is 418 g/mol. The van der Waals surface area contributed by atoms with Gasteiger partial charge >= 0.3 is 0 Å². The maximum absolute atomic E-state index is 13.0. The second-order valence-electron chi connectivity index (χ2n) is 9.71. The molecule has 0 radical (unpaired) electrons. The molecular formula is C23H34N2O3S. The van der Waals surface area contributed by atoms with Crippen molar-refractivity contribution in [2.45, 2.75) is 70.6 Å². The molecule has 160 valence electrons. The summed E-state index contributed by atoms with van der Waals surface area (Å²) in [5.41, 5.74) is 1.46. The number of nitrogens with zero attached hydrogens (tertiary/aromatic N) is 1. The van der Waals surface area contributed by atoms with Crippen LogP contribution in [0.25, 0.3) is 0 Å². The Morgan fingerprint density at radius 1 is 1.07 bits per heavy atom. The average molecular weight is 419 g/mol. The van der Waals surface area contributed by atoms with Crippen LogP contribution < -0.4 is 5.32 Å². The van der Waals surface area contributed by atoms with Gasteiger partial charge in [-0.3, -0.25) is 4.79 Å². The smallest absolute Gasteiger partial charge is 0.243 e. The van der Waals surface area contributed by atoms with Crippen molar-refractivity contribution in [3.05, 3.63) is 23.8 Å². The van der Waals surface area contributed by atoms with Gasteiger partial charge in [0, 0.05) is 25.2 Å². The summed E-state index contributed by atoms with van der Waals surface area (Å²) in [4.78, 5) is 13.2. The molecule has 1 amide bonds. The molecular weight excluding hydrogens is 384 g/mol. The summed E-state index contributed by atoms with van der Waals surface area (Å²) in [6.45, 7) is 6.35. The third-order valence-electron chi connectivity index (χ3n) is 7.50. The minimum Gasteiger partial charge on any atom is -0.326 e. The highest BCUT2D eigenvalue weighted by atomic mass is 32.2. The zero-order valence-corrected chi connectivity index (χ0v) is 18.7. The van der Waals surface area contributed by atoms with E-state index in [9.17, 15) is 13.2 Å². The number of rotatable bonds is 7. The van der Waals surface area contributed by atoms with Crippen molar-refractivity contribution >= 4 is 21.6 Å². The van der Waals surface area contributed by atoms with E-state index in [4.69, 9.17) is 0 Å². The number of anilines is 1. The van der Waals surface area contributed by atoms with Crippen molar-refractivity contribution in [3.63, 3.8) is 0 Å². The third-order valence-corrected chi connectivity index (χ3v) is 9.69. The molecule has 1 aromatic rings. The standard InChI is InChI=1S/C23H34N2O3S/c1-4-25(5-2)29(27,28)21-11-20(7-6-16(21)3)24-22(26)15-23-12-17-8-18(13-23)10-19(9-17)14-23/h6-7,11,17-19H,4-5,8-10,12-15H2,1-3H3,(H,24,26). The van der Waals surface area contributed by atoms with Gasteiger partial charge in [0.2, 0.25) is 15.9 Å². The van der Waals surface area contributed by atoms with E-state index >= 15 is 0 Å². The molecule has 4 fully saturated rings. The number of aryl methyl sites for hydroxylation is 1. The number of hydrogen-bond acceptors (Lipinski definition) is 3. The fourth-order valence-corrected chi connectivity index (χ4v) is 8.42. The Morgan fingerprint density at radius 3 is 2.14 bits per heavy atom. The van der Waals surface area contributed by atoms with Gasteiger partial charge in [0.25, 0.3) is 0 Å². The fraction of sp³-hybridized carbons (Fsp3) is 0.696. The van der Waals surface area contributed by atoms with E-state index in [1.54, 1.807) is 19.1 Å². The number of hydrogen-bond donors (Lipinski definition) is 1. The van der Waals surface area contributed by atoms with E-state index in [1.165, 1.54) is 42.8 Å². The van der Waals surface area contributed by atoms with E-state index in [2.05, 4.69) is 5.32 Å². The van der Waals surface area contributed by atoms with Crippen molar-refractivity contribution < 1.29 is 13.2 Å². The highest BCUT2D eigenvalue weighted by Gasteiger charge is 2.51. The molecule has 0 unspecified atom stereocenters. The van der Waals surface area contributed by atoms with Crippen LogP contribution in [0.5, 0.6) is 0 Å². The van der Waals surface area contributed by atoms with Gasteiger partial charge in [-0.25, -0.2) is 8.42 Å². The molecule has 6 heteroatoms. The maximum atomic E-state index is 13.0. The second kappa shape index (κ2) is 7.69. The third kappa shape index (κ3) is 3.98. The van der Waals surface area contributed by atoms with Gasteiger partial charge in [-0.1, -0.05) is 19.9 Å². The van der Waals surface area contributed by atoms with Crippen LogP contribution in [-0.4, -0.2) is 31.7 Å². The van der Waals surface area contributed by atoms with Gasteiger partial charge in [-0.2, -0.15) is 4.31 Å². The topological polar surface area (TPSA) is 66.5 Å². The molecule has 4 bridgehead atoms. The number of nitrogens with one attached hydrogen (secondary N) is 1. The van der Waals surface area contributed by atoms with Crippen molar-refractivity contribution in [1.29, 1.82) is 0 Å². The molecule has 4 saturated carbocycles. The lowest BCUT2D eigenvalue weighted by atomic mass is 9.49. The molecule has 0 heterocycles. The minimum atomic E-state index is -3.55. The molecule has 0 aromatic heterocycles.